The number of hydrogen-bond acceptors (Lipinski definition) is 4. The van der Waals surface area contributed by atoms with Gasteiger partial charge in [0.25, 0.3) is 0 Å². The molecule has 0 spiro atoms. The SMILES string of the molecule is C#Cc1ccccc1C(C(=O)NCc1ccccc1)N(CCCCCC)C(=O)C(Cc1ccccc1)NC(=O)OC(C)(C)C. The fourth-order valence-electron chi connectivity index (χ4n) is 4.97. The summed E-state index contributed by atoms with van der Waals surface area (Å²) in [6.07, 6.45) is 9.01. The Kier molecular flexibility index (Phi) is 13.0. The van der Waals surface area contributed by atoms with Crippen LogP contribution in [-0.4, -0.2) is 41.0 Å². The zero-order chi connectivity index (χ0) is 32.0. The van der Waals surface area contributed by atoms with E-state index in [0.717, 1.165) is 30.4 Å². The van der Waals surface area contributed by atoms with E-state index in [-0.39, 0.29) is 24.8 Å². The largest absolute Gasteiger partial charge is 0.444 e. The number of unbranched alkanes of at least 4 members (excludes halogenated alkanes) is 3. The molecule has 3 amide bonds. The number of ether oxygens (including phenoxy) is 1. The molecule has 3 aromatic rings. The van der Waals surface area contributed by atoms with E-state index in [1.165, 1.54) is 0 Å². The fourth-order valence-corrected chi connectivity index (χ4v) is 4.97. The monoisotopic (exact) mass is 595 g/mol. The molecule has 3 rings (SSSR count). The Bertz CT molecular complexity index is 1390. The molecule has 44 heavy (non-hydrogen) atoms. The van der Waals surface area contributed by atoms with Crippen molar-refractivity contribution in [2.75, 3.05) is 6.54 Å². The maximum atomic E-state index is 14.6. The summed E-state index contributed by atoms with van der Waals surface area (Å²) >= 11 is 0. The third-order valence-corrected chi connectivity index (χ3v) is 7.09. The Morgan fingerprint density at radius 1 is 0.864 bits per heavy atom. The van der Waals surface area contributed by atoms with Crippen molar-refractivity contribution in [3.8, 4) is 12.3 Å². The average Bonchev–Trinajstić information content (AvgIpc) is 3.01. The molecule has 0 aromatic heterocycles. The molecule has 0 fully saturated rings. The molecule has 2 N–H and O–H groups in total. The van der Waals surface area contributed by atoms with Gasteiger partial charge >= 0.3 is 6.09 Å². The van der Waals surface area contributed by atoms with Crippen molar-refractivity contribution in [3.63, 3.8) is 0 Å². The molecule has 0 saturated carbocycles. The highest BCUT2D eigenvalue weighted by molar-refractivity contribution is 5.92. The van der Waals surface area contributed by atoms with Crippen molar-refractivity contribution in [1.29, 1.82) is 0 Å². The summed E-state index contributed by atoms with van der Waals surface area (Å²) in [5.74, 6) is 1.96. The van der Waals surface area contributed by atoms with Gasteiger partial charge in [0.2, 0.25) is 11.8 Å². The van der Waals surface area contributed by atoms with Crippen LogP contribution >= 0.6 is 0 Å². The Labute approximate surface area is 262 Å². The summed E-state index contributed by atoms with van der Waals surface area (Å²) in [5, 5.41) is 5.84. The third-order valence-electron chi connectivity index (χ3n) is 7.09. The minimum atomic E-state index is -1.02. The summed E-state index contributed by atoms with van der Waals surface area (Å²) in [7, 11) is 0. The van der Waals surface area contributed by atoms with Crippen LogP contribution in [0.2, 0.25) is 0 Å². The van der Waals surface area contributed by atoms with Crippen LogP contribution in [0.25, 0.3) is 0 Å². The molecular weight excluding hydrogens is 550 g/mol. The predicted molar refractivity (Wildman–Crippen MR) is 175 cm³/mol. The molecule has 0 aliphatic carbocycles. The first-order chi connectivity index (χ1) is 21.1. The average molecular weight is 596 g/mol. The normalized spacial score (nSPS) is 12.3. The maximum absolute atomic E-state index is 14.6. The summed E-state index contributed by atoms with van der Waals surface area (Å²) in [6, 6.07) is 24.3. The standard InChI is InChI=1S/C37H45N3O4/c1-6-8-9-18-25-40(35(42)32(26-28-19-12-10-13-20-28)39-36(43)44-37(3,4)5)33(31-24-17-16-23-30(31)7-2)34(41)38-27-29-21-14-11-15-22-29/h2,10-17,19-24,32-33H,6,8-9,18,25-27H2,1,3-5H3,(H,38,41)(H,39,43). The minimum absolute atomic E-state index is 0.222. The van der Waals surface area contributed by atoms with Gasteiger partial charge in [-0.1, -0.05) is 111 Å². The maximum Gasteiger partial charge on any atom is 0.408 e. The second-order valence-electron chi connectivity index (χ2n) is 11.8. The first-order valence-electron chi connectivity index (χ1n) is 15.3. The second-order valence-corrected chi connectivity index (χ2v) is 11.8. The van der Waals surface area contributed by atoms with Gasteiger partial charge in [-0.25, -0.2) is 4.79 Å². The molecule has 0 aliphatic rings. The van der Waals surface area contributed by atoms with E-state index >= 15 is 0 Å². The van der Waals surface area contributed by atoms with E-state index in [2.05, 4.69) is 23.5 Å². The Morgan fingerprint density at radius 3 is 2.09 bits per heavy atom. The molecule has 232 valence electrons. The van der Waals surface area contributed by atoms with Crippen LogP contribution in [0.1, 0.15) is 81.7 Å². The number of benzene rings is 3. The highest BCUT2D eigenvalue weighted by Crippen LogP contribution is 2.27. The quantitative estimate of drug-likeness (QED) is 0.163. The molecule has 2 atom stereocenters. The predicted octanol–water partition coefficient (Wildman–Crippen LogP) is 6.57. The molecule has 0 radical (unpaired) electrons. The molecule has 0 saturated heterocycles. The van der Waals surface area contributed by atoms with Gasteiger partial charge in [-0.2, -0.15) is 0 Å². The number of nitrogens with one attached hydrogen (secondary N) is 2. The summed E-state index contributed by atoms with van der Waals surface area (Å²) in [4.78, 5) is 43.3. The lowest BCUT2D eigenvalue weighted by Crippen LogP contribution is -2.54. The van der Waals surface area contributed by atoms with Crippen molar-refractivity contribution in [2.24, 2.45) is 0 Å². The zero-order valence-electron chi connectivity index (χ0n) is 26.3. The molecule has 7 nitrogen and oxygen atoms in total. The van der Waals surface area contributed by atoms with E-state index in [9.17, 15) is 14.4 Å². The second kappa shape index (κ2) is 16.9. The van der Waals surface area contributed by atoms with Crippen LogP contribution in [-0.2, 0) is 27.3 Å². The highest BCUT2D eigenvalue weighted by atomic mass is 16.6. The van der Waals surface area contributed by atoms with Gasteiger partial charge in [0.1, 0.15) is 17.7 Å². The Hall–Kier alpha value is -4.57. The van der Waals surface area contributed by atoms with E-state index in [4.69, 9.17) is 11.2 Å². The number of hydrogen-bond donors (Lipinski definition) is 2. The topological polar surface area (TPSA) is 87.7 Å². The van der Waals surface area contributed by atoms with Crippen molar-refractivity contribution >= 4 is 17.9 Å². The van der Waals surface area contributed by atoms with Crippen molar-refractivity contribution in [2.45, 2.75) is 84.0 Å². The molecule has 0 aliphatic heterocycles. The number of carbonyl (C=O) groups is 3. The van der Waals surface area contributed by atoms with Gasteiger partial charge < -0.3 is 20.3 Å². The van der Waals surface area contributed by atoms with E-state index in [1.54, 1.807) is 37.8 Å². The zero-order valence-corrected chi connectivity index (χ0v) is 26.3. The minimum Gasteiger partial charge on any atom is -0.444 e. The van der Waals surface area contributed by atoms with Crippen molar-refractivity contribution in [1.82, 2.24) is 15.5 Å². The van der Waals surface area contributed by atoms with Gasteiger partial charge in [-0.15, -0.1) is 6.42 Å². The van der Waals surface area contributed by atoms with Gasteiger partial charge in [0.05, 0.1) is 0 Å². The molecule has 0 bridgehead atoms. The third kappa shape index (κ3) is 10.6. The first kappa shape index (κ1) is 33.9. The van der Waals surface area contributed by atoms with Crippen LogP contribution < -0.4 is 10.6 Å². The van der Waals surface area contributed by atoms with Crippen LogP contribution in [0.4, 0.5) is 4.79 Å². The number of terminal acetylenes is 1. The lowest BCUT2D eigenvalue weighted by Gasteiger charge is -2.35. The smallest absolute Gasteiger partial charge is 0.408 e. The van der Waals surface area contributed by atoms with Crippen molar-refractivity contribution in [3.05, 3.63) is 107 Å². The van der Waals surface area contributed by atoms with Gasteiger partial charge in [-0.3, -0.25) is 9.59 Å². The first-order valence-corrected chi connectivity index (χ1v) is 15.3. The summed E-state index contributed by atoms with van der Waals surface area (Å²) < 4.78 is 5.54. The lowest BCUT2D eigenvalue weighted by molar-refractivity contribution is -0.142. The lowest BCUT2D eigenvalue weighted by atomic mass is 9.96. The molecule has 2 unspecified atom stereocenters. The van der Waals surface area contributed by atoms with Crippen LogP contribution in [0, 0.1) is 12.3 Å². The Morgan fingerprint density at radius 2 is 1.48 bits per heavy atom. The molecule has 3 aromatic carbocycles. The highest BCUT2D eigenvalue weighted by Gasteiger charge is 2.37. The fraction of sp³-hybridized carbons (Fsp3) is 0.378. The number of nitrogens with zero attached hydrogens (tertiary/aromatic N) is 1. The number of alkyl carbamates (subject to hydrolysis) is 1. The summed E-state index contributed by atoms with van der Waals surface area (Å²) in [5.41, 5.74) is 2.12. The Balaban J connectivity index is 2.06. The van der Waals surface area contributed by atoms with Crippen molar-refractivity contribution < 1.29 is 19.1 Å². The number of carbonyl (C=O) groups excluding carboxylic acids is 3. The summed E-state index contributed by atoms with van der Waals surface area (Å²) in [6.45, 7) is 8.02. The van der Waals surface area contributed by atoms with E-state index < -0.39 is 23.8 Å². The molecule has 0 heterocycles. The van der Waals surface area contributed by atoms with Crippen LogP contribution in [0.15, 0.2) is 84.9 Å². The van der Waals surface area contributed by atoms with Crippen LogP contribution in [0.3, 0.4) is 0 Å². The number of rotatable bonds is 14. The van der Waals surface area contributed by atoms with Gasteiger partial charge in [0, 0.05) is 25.1 Å². The molecular formula is C37H45N3O4. The van der Waals surface area contributed by atoms with Crippen LogP contribution in [0.5, 0.6) is 0 Å². The molecule has 7 heteroatoms. The van der Waals surface area contributed by atoms with Gasteiger partial charge in [-0.05, 0) is 49.9 Å². The van der Waals surface area contributed by atoms with Gasteiger partial charge in [0.15, 0.2) is 0 Å². The van der Waals surface area contributed by atoms with E-state index in [1.807, 2.05) is 72.8 Å². The number of amides is 3. The van der Waals surface area contributed by atoms with E-state index in [0.29, 0.717) is 24.1 Å².